The zero-order chi connectivity index (χ0) is 14.1. The molecule has 0 unspecified atom stereocenters. The lowest BCUT2D eigenvalue weighted by molar-refractivity contribution is -0.146. The van der Waals surface area contributed by atoms with Crippen molar-refractivity contribution in [3.8, 4) is 5.75 Å². The van der Waals surface area contributed by atoms with Crippen LogP contribution in [0.4, 0.5) is 0 Å². The first-order valence-electron chi connectivity index (χ1n) is 6.01. The molecule has 0 aliphatic rings. The number of hydrogen-bond donors (Lipinski definition) is 0. The lowest BCUT2D eigenvalue weighted by atomic mass is 9.79. The van der Waals surface area contributed by atoms with Gasteiger partial charge in [0.25, 0.3) is 0 Å². The summed E-state index contributed by atoms with van der Waals surface area (Å²) < 4.78 is 10.3. The van der Waals surface area contributed by atoms with E-state index in [1.54, 1.807) is 7.11 Å². The summed E-state index contributed by atoms with van der Waals surface area (Å²) in [5.74, 6) is 0.659. The molecular weight excluding hydrogens is 228 g/mol. The molecule has 0 amide bonds. The zero-order valence-corrected chi connectivity index (χ0v) is 12.3. The minimum absolute atomic E-state index is 0.227. The van der Waals surface area contributed by atoms with E-state index in [1.165, 1.54) is 7.11 Å². The van der Waals surface area contributed by atoms with Gasteiger partial charge >= 0.3 is 5.97 Å². The highest BCUT2D eigenvalue weighted by Crippen LogP contribution is 2.35. The van der Waals surface area contributed by atoms with Gasteiger partial charge in [0.05, 0.1) is 19.6 Å². The normalized spacial score (nSPS) is 11.3. The molecule has 0 N–H and O–H groups in total. The number of hydrogen-bond acceptors (Lipinski definition) is 3. The smallest absolute Gasteiger partial charge is 0.315 e. The number of aryl methyl sites for hydroxylation is 1. The van der Waals surface area contributed by atoms with Crippen LogP contribution in [0, 0.1) is 20.8 Å². The fraction of sp³-hybridized carbons (Fsp3) is 0.533. The summed E-state index contributed by atoms with van der Waals surface area (Å²) in [6.45, 7) is 9.77. The third-order valence-electron chi connectivity index (χ3n) is 3.60. The van der Waals surface area contributed by atoms with Crippen molar-refractivity contribution in [2.75, 3.05) is 14.2 Å². The van der Waals surface area contributed by atoms with Crippen LogP contribution in [0.5, 0.6) is 5.75 Å². The Labute approximate surface area is 109 Å². The van der Waals surface area contributed by atoms with Crippen molar-refractivity contribution >= 4 is 5.97 Å². The maximum absolute atomic E-state index is 11.9. The number of benzene rings is 1. The molecular formula is C15H22O3. The number of esters is 1. The molecule has 18 heavy (non-hydrogen) atoms. The van der Waals surface area contributed by atoms with Gasteiger partial charge in [0, 0.05) is 0 Å². The third kappa shape index (κ3) is 2.22. The summed E-state index contributed by atoms with van der Waals surface area (Å²) in [5, 5.41) is 0. The minimum atomic E-state index is -0.652. The second-order valence-corrected chi connectivity index (χ2v) is 5.14. The van der Waals surface area contributed by atoms with Crippen molar-refractivity contribution in [2.24, 2.45) is 0 Å². The van der Waals surface area contributed by atoms with Gasteiger partial charge in [-0.05, 0) is 56.9 Å². The molecule has 0 radical (unpaired) electrons. The molecule has 1 rings (SSSR count). The number of rotatable bonds is 3. The van der Waals surface area contributed by atoms with E-state index >= 15 is 0 Å². The molecule has 1 aromatic rings. The molecule has 0 saturated heterocycles. The van der Waals surface area contributed by atoms with Gasteiger partial charge in [0.15, 0.2) is 0 Å². The molecule has 1 aromatic carbocycles. The average Bonchev–Trinajstić information content (AvgIpc) is 2.33. The highest BCUT2D eigenvalue weighted by Gasteiger charge is 2.33. The molecule has 0 saturated carbocycles. The van der Waals surface area contributed by atoms with E-state index in [0.29, 0.717) is 0 Å². The fourth-order valence-electron chi connectivity index (χ4n) is 2.39. The van der Waals surface area contributed by atoms with Crippen LogP contribution in [0.15, 0.2) is 6.07 Å². The lowest BCUT2D eigenvalue weighted by Crippen LogP contribution is -2.31. The summed E-state index contributed by atoms with van der Waals surface area (Å²) in [6.07, 6.45) is 0. The molecule has 0 fully saturated rings. The highest BCUT2D eigenvalue weighted by atomic mass is 16.5. The first-order chi connectivity index (χ1) is 8.27. The van der Waals surface area contributed by atoms with Crippen molar-refractivity contribution in [3.05, 3.63) is 28.3 Å². The lowest BCUT2D eigenvalue weighted by Gasteiger charge is -2.26. The molecule has 0 aromatic heterocycles. The topological polar surface area (TPSA) is 35.5 Å². The average molecular weight is 250 g/mol. The summed E-state index contributed by atoms with van der Waals surface area (Å²) >= 11 is 0. The maximum Gasteiger partial charge on any atom is 0.315 e. The van der Waals surface area contributed by atoms with Crippen LogP contribution in [0.2, 0.25) is 0 Å². The maximum atomic E-state index is 11.9. The molecule has 0 bridgehead atoms. The van der Waals surface area contributed by atoms with Gasteiger partial charge in [-0.1, -0.05) is 6.07 Å². The Morgan fingerprint density at radius 1 is 1.11 bits per heavy atom. The Hall–Kier alpha value is -1.51. The quantitative estimate of drug-likeness (QED) is 0.773. The van der Waals surface area contributed by atoms with Crippen LogP contribution in [0.1, 0.15) is 36.1 Å². The third-order valence-corrected chi connectivity index (χ3v) is 3.60. The molecule has 100 valence electrons. The van der Waals surface area contributed by atoms with E-state index in [0.717, 1.165) is 28.0 Å². The Balaban J connectivity index is 3.49. The van der Waals surface area contributed by atoms with E-state index in [-0.39, 0.29) is 5.97 Å². The molecule has 3 heteroatoms. The van der Waals surface area contributed by atoms with Crippen molar-refractivity contribution in [2.45, 2.75) is 40.0 Å². The van der Waals surface area contributed by atoms with Crippen molar-refractivity contribution in [1.29, 1.82) is 0 Å². The van der Waals surface area contributed by atoms with Gasteiger partial charge < -0.3 is 9.47 Å². The largest absolute Gasteiger partial charge is 0.496 e. The predicted octanol–water partition coefficient (Wildman–Crippen LogP) is 3.07. The van der Waals surface area contributed by atoms with E-state index < -0.39 is 5.41 Å². The monoisotopic (exact) mass is 250 g/mol. The standard InChI is InChI=1S/C15H22O3/c1-9-8-12(15(4,5)14(16)18-7)10(2)11(3)13(9)17-6/h8H,1-7H3. The number of carbonyl (C=O) groups is 1. The molecule has 0 atom stereocenters. The molecule has 0 aliphatic carbocycles. The summed E-state index contributed by atoms with van der Waals surface area (Å²) in [4.78, 5) is 11.9. The second-order valence-electron chi connectivity index (χ2n) is 5.14. The minimum Gasteiger partial charge on any atom is -0.496 e. The Bertz CT molecular complexity index is 473. The summed E-state index contributed by atoms with van der Waals surface area (Å²) in [7, 11) is 3.09. The first kappa shape index (κ1) is 14.6. The van der Waals surface area contributed by atoms with Crippen LogP contribution < -0.4 is 4.74 Å². The van der Waals surface area contributed by atoms with E-state index in [9.17, 15) is 4.79 Å². The van der Waals surface area contributed by atoms with Crippen molar-refractivity contribution in [3.63, 3.8) is 0 Å². The van der Waals surface area contributed by atoms with Crippen LogP contribution in [-0.4, -0.2) is 20.2 Å². The number of carbonyl (C=O) groups excluding carboxylic acids is 1. The Morgan fingerprint density at radius 3 is 2.11 bits per heavy atom. The number of methoxy groups -OCH3 is 2. The highest BCUT2D eigenvalue weighted by molar-refractivity contribution is 5.83. The molecule has 0 aliphatic heterocycles. The van der Waals surface area contributed by atoms with Gasteiger partial charge in [-0.25, -0.2) is 0 Å². The van der Waals surface area contributed by atoms with Gasteiger partial charge in [0.2, 0.25) is 0 Å². The fourth-order valence-corrected chi connectivity index (χ4v) is 2.39. The van der Waals surface area contributed by atoms with Gasteiger partial charge in [-0.15, -0.1) is 0 Å². The summed E-state index contributed by atoms with van der Waals surface area (Å²) in [6, 6.07) is 2.01. The van der Waals surface area contributed by atoms with E-state index in [2.05, 4.69) is 0 Å². The van der Waals surface area contributed by atoms with Crippen molar-refractivity contribution < 1.29 is 14.3 Å². The SMILES string of the molecule is COC(=O)C(C)(C)c1cc(C)c(OC)c(C)c1C. The molecule has 0 heterocycles. The van der Waals surface area contributed by atoms with Gasteiger partial charge in [-0.2, -0.15) is 0 Å². The van der Waals surface area contributed by atoms with Crippen LogP contribution >= 0.6 is 0 Å². The Morgan fingerprint density at radius 2 is 1.67 bits per heavy atom. The van der Waals surface area contributed by atoms with Crippen LogP contribution in [0.25, 0.3) is 0 Å². The van der Waals surface area contributed by atoms with Crippen LogP contribution in [0.3, 0.4) is 0 Å². The Kier molecular flexibility index (Phi) is 4.05. The van der Waals surface area contributed by atoms with Crippen LogP contribution in [-0.2, 0) is 14.9 Å². The van der Waals surface area contributed by atoms with Gasteiger partial charge in [-0.3, -0.25) is 4.79 Å². The van der Waals surface area contributed by atoms with E-state index in [4.69, 9.17) is 9.47 Å². The van der Waals surface area contributed by atoms with Gasteiger partial charge in [0.1, 0.15) is 5.75 Å². The number of ether oxygens (including phenoxy) is 2. The molecule has 3 nitrogen and oxygen atoms in total. The van der Waals surface area contributed by atoms with E-state index in [1.807, 2.05) is 40.7 Å². The second kappa shape index (κ2) is 5.01. The first-order valence-corrected chi connectivity index (χ1v) is 6.01. The summed E-state index contributed by atoms with van der Waals surface area (Å²) in [5.41, 5.74) is 3.52. The van der Waals surface area contributed by atoms with Crippen molar-refractivity contribution in [1.82, 2.24) is 0 Å². The zero-order valence-electron chi connectivity index (χ0n) is 12.3. The molecule has 0 spiro atoms. The predicted molar refractivity (Wildman–Crippen MR) is 72.2 cm³/mol.